The van der Waals surface area contributed by atoms with Crippen LogP contribution in [0, 0.1) is 0 Å². The van der Waals surface area contributed by atoms with Crippen molar-refractivity contribution in [3.8, 4) is 5.75 Å². The van der Waals surface area contributed by atoms with Crippen LogP contribution in [0.25, 0.3) is 0 Å². The highest BCUT2D eigenvalue weighted by Crippen LogP contribution is 2.28. The molecule has 1 atom stereocenters. The van der Waals surface area contributed by atoms with E-state index < -0.39 is 0 Å². The lowest BCUT2D eigenvalue weighted by Crippen LogP contribution is -2.30. The van der Waals surface area contributed by atoms with Crippen LogP contribution in [0.2, 0.25) is 0 Å². The lowest BCUT2D eigenvalue weighted by atomic mass is 10.2. The zero-order chi connectivity index (χ0) is 13.4. The van der Waals surface area contributed by atoms with Gasteiger partial charge in [-0.1, -0.05) is 12.1 Å². The number of aliphatic hydroxyl groups is 2. The molecular weight excluding hydrogens is 234 g/mol. The van der Waals surface area contributed by atoms with E-state index in [0.717, 1.165) is 5.69 Å². The van der Waals surface area contributed by atoms with Crippen LogP contribution in [-0.2, 0) is 4.74 Å². The van der Waals surface area contributed by atoms with Crippen LogP contribution in [-0.4, -0.2) is 49.9 Å². The molecule has 0 saturated carbocycles. The molecule has 1 aromatic carbocycles. The summed E-state index contributed by atoms with van der Waals surface area (Å²) >= 11 is 0. The number of hydrogen-bond donors (Lipinski definition) is 2. The molecule has 0 radical (unpaired) electrons. The Balaban J connectivity index is 2.90. The predicted molar refractivity (Wildman–Crippen MR) is 69.9 cm³/mol. The van der Waals surface area contributed by atoms with Crippen molar-refractivity contribution in [3.05, 3.63) is 24.3 Å². The number of anilines is 1. The molecule has 1 aromatic rings. The van der Waals surface area contributed by atoms with Gasteiger partial charge in [0.1, 0.15) is 5.75 Å². The van der Waals surface area contributed by atoms with E-state index in [0.29, 0.717) is 18.8 Å². The van der Waals surface area contributed by atoms with E-state index >= 15 is 0 Å². The maximum atomic E-state index is 9.05. The Hall–Kier alpha value is -1.30. The molecule has 5 nitrogen and oxygen atoms in total. The largest absolute Gasteiger partial charge is 0.463 e. The van der Waals surface area contributed by atoms with Gasteiger partial charge in [-0.25, -0.2) is 0 Å². The van der Waals surface area contributed by atoms with Gasteiger partial charge >= 0.3 is 0 Å². The maximum Gasteiger partial charge on any atom is 0.196 e. The Morgan fingerprint density at radius 1 is 1.17 bits per heavy atom. The van der Waals surface area contributed by atoms with Crippen molar-refractivity contribution in [3.63, 3.8) is 0 Å². The third kappa shape index (κ3) is 4.18. The molecule has 0 bridgehead atoms. The van der Waals surface area contributed by atoms with Gasteiger partial charge in [-0.05, 0) is 19.1 Å². The molecule has 0 heterocycles. The average Bonchev–Trinajstić information content (AvgIpc) is 2.39. The van der Waals surface area contributed by atoms with Gasteiger partial charge in [0.25, 0.3) is 0 Å². The van der Waals surface area contributed by atoms with E-state index in [-0.39, 0.29) is 19.5 Å². The third-order valence-electron chi connectivity index (χ3n) is 2.57. The van der Waals surface area contributed by atoms with Gasteiger partial charge < -0.3 is 24.6 Å². The van der Waals surface area contributed by atoms with Crippen LogP contribution in [0.3, 0.4) is 0 Å². The highest BCUT2D eigenvalue weighted by Gasteiger charge is 2.13. The SMILES string of the molecule is COC(C)Oc1ccccc1N(CCO)CCO. The lowest BCUT2D eigenvalue weighted by Gasteiger charge is -2.26. The number of aliphatic hydroxyl groups excluding tert-OH is 2. The molecule has 0 spiro atoms. The van der Waals surface area contributed by atoms with Crippen LogP contribution in [0.1, 0.15) is 6.92 Å². The second kappa shape index (κ2) is 7.92. The van der Waals surface area contributed by atoms with E-state index in [2.05, 4.69) is 0 Å². The fourth-order valence-corrected chi connectivity index (χ4v) is 1.64. The van der Waals surface area contributed by atoms with E-state index in [9.17, 15) is 0 Å². The van der Waals surface area contributed by atoms with E-state index in [1.54, 1.807) is 14.0 Å². The summed E-state index contributed by atoms with van der Waals surface area (Å²) in [5, 5.41) is 18.1. The molecular formula is C13H21NO4. The number of ether oxygens (including phenoxy) is 2. The minimum Gasteiger partial charge on any atom is -0.463 e. The molecule has 0 aliphatic carbocycles. The highest BCUT2D eigenvalue weighted by atomic mass is 16.7. The second-order valence-electron chi connectivity index (χ2n) is 3.82. The number of benzene rings is 1. The molecule has 5 heteroatoms. The smallest absolute Gasteiger partial charge is 0.196 e. The molecule has 102 valence electrons. The van der Waals surface area contributed by atoms with Crippen LogP contribution in [0.15, 0.2) is 24.3 Å². The van der Waals surface area contributed by atoms with Crippen molar-refractivity contribution >= 4 is 5.69 Å². The molecule has 0 fully saturated rings. The van der Waals surface area contributed by atoms with Crippen molar-refractivity contribution in [2.75, 3.05) is 38.3 Å². The molecule has 1 rings (SSSR count). The van der Waals surface area contributed by atoms with Crippen molar-refractivity contribution in [1.82, 2.24) is 0 Å². The van der Waals surface area contributed by atoms with Gasteiger partial charge in [0.15, 0.2) is 6.29 Å². The van der Waals surface area contributed by atoms with E-state index in [1.807, 2.05) is 29.2 Å². The van der Waals surface area contributed by atoms with Crippen LogP contribution < -0.4 is 9.64 Å². The molecule has 0 aliphatic heterocycles. The normalized spacial score (nSPS) is 12.2. The summed E-state index contributed by atoms with van der Waals surface area (Å²) < 4.78 is 10.7. The first-order valence-corrected chi connectivity index (χ1v) is 5.98. The Labute approximate surface area is 108 Å². The highest BCUT2D eigenvalue weighted by molar-refractivity contribution is 5.58. The first-order chi connectivity index (χ1) is 8.72. The van der Waals surface area contributed by atoms with Crippen molar-refractivity contribution in [2.45, 2.75) is 13.2 Å². The first kappa shape index (κ1) is 14.8. The van der Waals surface area contributed by atoms with Crippen LogP contribution in [0.5, 0.6) is 5.75 Å². The predicted octanol–water partition coefficient (Wildman–Crippen LogP) is 0.849. The van der Waals surface area contributed by atoms with Crippen LogP contribution in [0.4, 0.5) is 5.69 Å². The summed E-state index contributed by atoms with van der Waals surface area (Å²) in [6.07, 6.45) is -0.351. The molecule has 18 heavy (non-hydrogen) atoms. The Bertz CT molecular complexity index is 340. The Kier molecular flexibility index (Phi) is 6.49. The van der Waals surface area contributed by atoms with Crippen molar-refractivity contribution in [1.29, 1.82) is 0 Å². The monoisotopic (exact) mass is 255 g/mol. The summed E-state index contributed by atoms with van der Waals surface area (Å²) in [5.74, 6) is 0.675. The summed E-state index contributed by atoms with van der Waals surface area (Å²) in [5.41, 5.74) is 0.838. The molecule has 1 unspecified atom stereocenters. The number of para-hydroxylation sites is 2. The number of methoxy groups -OCH3 is 1. The first-order valence-electron chi connectivity index (χ1n) is 5.98. The summed E-state index contributed by atoms with van der Waals surface area (Å²) in [4.78, 5) is 1.87. The molecule has 2 N–H and O–H groups in total. The third-order valence-corrected chi connectivity index (χ3v) is 2.57. The fourth-order valence-electron chi connectivity index (χ4n) is 1.64. The average molecular weight is 255 g/mol. The summed E-state index contributed by atoms with van der Waals surface area (Å²) in [6.45, 7) is 2.74. The molecule has 0 saturated heterocycles. The zero-order valence-corrected chi connectivity index (χ0v) is 10.9. The Morgan fingerprint density at radius 3 is 2.33 bits per heavy atom. The fraction of sp³-hybridized carbons (Fsp3) is 0.538. The van der Waals surface area contributed by atoms with Gasteiger partial charge in [0, 0.05) is 20.2 Å². The molecule has 0 aromatic heterocycles. The minimum absolute atomic E-state index is 0.0220. The summed E-state index contributed by atoms with van der Waals surface area (Å²) in [7, 11) is 1.58. The Morgan fingerprint density at radius 2 is 1.78 bits per heavy atom. The van der Waals surface area contributed by atoms with Gasteiger partial charge in [-0.3, -0.25) is 0 Å². The van der Waals surface area contributed by atoms with Gasteiger partial charge in [-0.2, -0.15) is 0 Å². The van der Waals surface area contributed by atoms with Crippen molar-refractivity contribution in [2.24, 2.45) is 0 Å². The van der Waals surface area contributed by atoms with E-state index in [1.165, 1.54) is 0 Å². The quantitative estimate of drug-likeness (QED) is 0.674. The van der Waals surface area contributed by atoms with Gasteiger partial charge in [0.05, 0.1) is 18.9 Å². The summed E-state index contributed by atoms with van der Waals surface area (Å²) in [6, 6.07) is 7.49. The number of nitrogens with zero attached hydrogens (tertiary/aromatic N) is 1. The standard InChI is InChI=1S/C13H21NO4/c1-11(17-2)18-13-6-4-3-5-12(13)14(7-9-15)8-10-16/h3-6,11,15-16H,7-10H2,1-2H3. The second-order valence-corrected chi connectivity index (χ2v) is 3.82. The maximum absolute atomic E-state index is 9.05. The number of rotatable bonds is 8. The zero-order valence-electron chi connectivity index (χ0n) is 10.9. The van der Waals surface area contributed by atoms with Gasteiger partial charge in [-0.15, -0.1) is 0 Å². The number of hydrogen-bond acceptors (Lipinski definition) is 5. The molecule has 0 amide bonds. The topological polar surface area (TPSA) is 62.2 Å². The minimum atomic E-state index is -0.351. The van der Waals surface area contributed by atoms with Crippen LogP contribution >= 0.6 is 0 Å². The van der Waals surface area contributed by atoms with E-state index in [4.69, 9.17) is 19.7 Å². The molecule has 0 aliphatic rings. The lowest BCUT2D eigenvalue weighted by molar-refractivity contribution is -0.0380. The van der Waals surface area contributed by atoms with Gasteiger partial charge in [0.2, 0.25) is 0 Å². The van der Waals surface area contributed by atoms with Crippen molar-refractivity contribution < 1.29 is 19.7 Å².